The molecule has 152 valence electrons. The first-order valence-corrected chi connectivity index (χ1v) is 10.6. The summed E-state index contributed by atoms with van der Waals surface area (Å²) in [4.78, 5) is 17.0. The molecule has 0 bridgehead atoms. The van der Waals surface area contributed by atoms with Crippen LogP contribution in [-0.2, 0) is 6.61 Å². The van der Waals surface area contributed by atoms with Gasteiger partial charge in [0.25, 0.3) is 5.91 Å². The van der Waals surface area contributed by atoms with Crippen LogP contribution in [0.2, 0.25) is 15.1 Å². The van der Waals surface area contributed by atoms with Gasteiger partial charge in [-0.15, -0.1) is 0 Å². The monoisotopic (exact) mass is 524 g/mol. The molecule has 0 aliphatic heterocycles. The number of halogens is 4. The molecule has 0 spiro atoms. The molecule has 1 N–H and O–H groups in total. The first-order valence-electron chi connectivity index (χ1n) is 8.63. The van der Waals surface area contributed by atoms with Gasteiger partial charge in [0.2, 0.25) is 0 Å². The van der Waals surface area contributed by atoms with Crippen LogP contribution < -0.4 is 10.1 Å². The Hall–Kier alpha value is -2.25. The summed E-state index contributed by atoms with van der Waals surface area (Å²) in [7, 11) is 0. The summed E-state index contributed by atoms with van der Waals surface area (Å²) in [6.07, 6.45) is 1.67. The lowest BCUT2D eigenvalue weighted by atomic mass is 10.2. The number of hydrogen-bond acceptors (Lipinski definition) is 4. The molecular formula is C21H12BrCl3N2O3. The minimum Gasteiger partial charge on any atom is -0.483 e. The van der Waals surface area contributed by atoms with Crippen molar-refractivity contribution in [2.75, 3.05) is 5.32 Å². The third kappa shape index (κ3) is 4.42. The number of anilines is 1. The molecule has 0 radical (unpaired) electrons. The van der Waals surface area contributed by atoms with Crippen LogP contribution >= 0.6 is 50.7 Å². The Morgan fingerprint density at radius 3 is 2.63 bits per heavy atom. The van der Waals surface area contributed by atoms with Crippen molar-refractivity contribution >= 4 is 73.2 Å². The second-order valence-corrected chi connectivity index (χ2v) is 8.31. The van der Waals surface area contributed by atoms with Crippen molar-refractivity contribution < 1.29 is 13.9 Å². The maximum Gasteiger partial charge on any atom is 0.291 e. The summed E-state index contributed by atoms with van der Waals surface area (Å²) in [5.74, 6) is 0.450. The number of carbonyl (C=O) groups excluding carboxylic acids is 1. The zero-order chi connectivity index (χ0) is 21.3. The Morgan fingerprint density at radius 1 is 1.10 bits per heavy atom. The van der Waals surface area contributed by atoms with Crippen LogP contribution in [0.5, 0.6) is 5.75 Å². The highest BCUT2D eigenvalue weighted by molar-refractivity contribution is 9.10. The standard InChI is InChI=1S/C21H12BrCl3N2O3/c22-14-4-5-17(19-13(14)2-1-7-26-19)27-21(28)18-6-3-12(30-18)10-29-20-15(24)8-11(23)9-16(20)25/h1-9H,10H2,(H,27,28). The van der Waals surface area contributed by atoms with Gasteiger partial charge < -0.3 is 14.5 Å². The number of furan rings is 1. The van der Waals surface area contributed by atoms with E-state index in [-0.39, 0.29) is 28.2 Å². The molecule has 0 fully saturated rings. The van der Waals surface area contributed by atoms with E-state index in [2.05, 4.69) is 26.2 Å². The average Bonchev–Trinajstić information content (AvgIpc) is 3.19. The highest BCUT2D eigenvalue weighted by atomic mass is 79.9. The van der Waals surface area contributed by atoms with Crippen LogP contribution in [-0.4, -0.2) is 10.9 Å². The Bertz CT molecular complexity index is 1240. The topological polar surface area (TPSA) is 64.4 Å². The van der Waals surface area contributed by atoms with E-state index in [9.17, 15) is 4.79 Å². The second-order valence-electron chi connectivity index (χ2n) is 6.20. The number of amides is 1. The number of carbonyl (C=O) groups is 1. The second kappa shape index (κ2) is 8.86. The lowest BCUT2D eigenvalue weighted by Crippen LogP contribution is -2.11. The van der Waals surface area contributed by atoms with Crippen molar-refractivity contribution in [1.82, 2.24) is 4.98 Å². The molecule has 5 nitrogen and oxygen atoms in total. The van der Waals surface area contributed by atoms with E-state index in [0.29, 0.717) is 22.0 Å². The van der Waals surface area contributed by atoms with Crippen molar-refractivity contribution in [2.24, 2.45) is 0 Å². The van der Waals surface area contributed by atoms with E-state index in [1.165, 1.54) is 12.1 Å². The van der Waals surface area contributed by atoms with Crippen LogP contribution in [0.3, 0.4) is 0 Å². The maximum absolute atomic E-state index is 12.6. The molecule has 2 aromatic carbocycles. The van der Waals surface area contributed by atoms with Gasteiger partial charge in [-0.1, -0.05) is 56.8 Å². The third-order valence-corrected chi connectivity index (χ3v) is 5.64. The molecular weight excluding hydrogens is 515 g/mol. The van der Waals surface area contributed by atoms with E-state index in [1.54, 1.807) is 24.4 Å². The maximum atomic E-state index is 12.6. The largest absolute Gasteiger partial charge is 0.483 e. The molecule has 4 rings (SSSR count). The quantitative estimate of drug-likeness (QED) is 0.295. The number of aromatic nitrogens is 1. The van der Waals surface area contributed by atoms with Crippen LogP contribution in [0.25, 0.3) is 10.9 Å². The Balaban J connectivity index is 1.48. The van der Waals surface area contributed by atoms with Gasteiger partial charge >= 0.3 is 0 Å². The average molecular weight is 527 g/mol. The zero-order valence-corrected chi connectivity index (χ0v) is 18.9. The van der Waals surface area contributed by atoms with E-state index in [1.807, 2.05) is 18.2 Å². The van der Waals surface area contributed by atoms with E-state index in [4.69, 9.17) is 44.0 Å². The van der Waals surface area contributed by atoms with Gasteiger partial charge in [0, 0.05) is 21.1 Å². The minimum absolute atomic E-state index is 0.0388. The summed E-state index contributed by atoms with van der Waals surface area (Å²) in [5, 5.41) is 4.69. The van der Waals surface area contributed by atoms with Crippen molar-refractivity contribution in [3.63, 3.8) is 0 Å². The summed E-state index contributed by atoms with van der Waals surface area (Å²) in [6, 6.07) is 13.6. The minimum atomic E-state index is -0.405. The van der Waals surface area contributed by atoms with Crippen molar-refractivity contribution in [3.8, 4) is 5.75 Å². The van der Waals surface area contributed by atoms with Gasteiger partial charge in [-0.2, -0.15) is 0 Å². The van der Waals surface area contributed by atoms with E-state index < -0.39 is 5.91 Å². The first kappa shape index (κ1) is 21.0. The fourth-order valence-electron chi connectivity index (χ4n) is 2.81. The number of pyridine rings is 1. The summed E-state index contributed by atoms with van der Waals surface area (Å²) in [5.41, 5.74) is 1.25. The van der Waals surface area contributed by atoms with Gasteiger partial charge in [-0.25, -0.2) is 0 Å². The zero-order valence-electron chi connectivity index (χ0n) is 15.1. The molecule has 0 saturated heterocycles. The molecule has 4 aromatic rings. The lowest BCUT2D eigenvalue weighted by Gasteiger charge is -2.09. The number of fused-ring (bicyclic) bond motifs is 1. The molecule has 0 atom stereocenters. The fourth-order valence-corrected chi connectivity index (χ4v) is 4.19. The molecule has 9 heteroatoms. The molecule has 30 heavy (non-hydrogen) atoms. The highest BCUT2D eigenvalue weighted by Crippen LogP contribution is 2.36. The molecule has 0 saturated carbocycles. The Kier molecular flexibility index (Phi) is 6.20. The first-order chi connectivity index (χ1) is 14.4. The van der Waals surface area contributed by atoms with E-state index >= 15 is 0 Å². The van der Waals surface area contributed by atoms with Crippen molar-refractivity contribution in [2.45, 2.75) is 6.61 Å². The van der Waals surface area contributed by atoms with Crippen LogP contribution in [0.1, 0.15) is 16.3 Å². The fraction of sp³-hybridized carbons (Fsp3) is 0.0476. The summed E-state index contributed by atoms with van der Waals surface area (Å²) < 4.78 is 12.1. The van der Waals surface area contributed by atoms with Crippen molar-refractivity contribution in [3.05, 3.63) is 85.8 Å². The number of ether oxygens (including phenoxy) is 1. The predicted molar refractivity (Wildman–Crippen MR) is 122 cm³/mol. The molecule has 0 aliphatic rings. The highest BCUT2D eigenvalue weighted by Gasteiger charge is 2.16. The van der Waals surface area contributed by atoms with Crippen LogP contribution in [0, 0.1) is 0 Å². The normalized spacial score (nSPS) is 10.9. The molecule has 2 heterocycles. The molecule has 0 aliphatic carbocycles. The van der Waals surface area contributed by atoms with Gasteiger partial charge in [0.1, 0.15) is 12.4 Å². The van der Waals surface area contributed by atoms with Gasteiger partial charge in [-0.3, -0.25) is 9.78 Å². The number of benzene rings is 2. The van der Waals surface area contributed by atoms with E-state index in [0.717, 1.165) is 9.86 Å². The van der Waals surface area contributed by atoms with Gasteiger partial charge in [-0.05, 0) is 42.5 Å². The van der Waals surface area contributed by atoms with Crippen molar-refractivity contribution in [1.29, 1.82) is 0 Å². The Labute approximate surface area is 195 Å². The SMILES string of the molecule is O=C(Nc1ccc(Br)c2cccnc12)c1ccc(COc2c(Cl)cc(Cl)cc2Cl)o1. The van der Waals surface area contributed by atoms with Gasteiger partial charge in [0.15, 0.2) is 11.5 Å². The van der Waals surface area contributed by atoms with Gasteiger partial charge in [0.05, 0.1) is 21.2 Å². The third-order valence-electron chi connectivity index (χ3n) is 4.17. The smallest absolute Gasteiger partial charge is 0.291 e. The molecule has 2 aromatic heterocycles. The lowest BCUT2D eigenvalue weighted by molar-refractivity contribution is 0.0992. The number of hydrogen-bond donors (Lipinski definition) is 1. The van der Waals surface area contributed by atoms with Crippen LogP contribution in [0.4, 0.5) is 5.69 Å². The number of nitrogens with zero attached hydrogens (tertiary/aromatic N) is 1. The predicted octanol–water partition coefficient (Wildman–Crippen LogP) is 7.38. The number of rotatable bonds is 5. The van der Waals surface area contributed by atoms with Crippen LogP contribution in [0.15, 0.2) is 63.6 Å². The summed E-state index contributed by atoms with van der Waals surface area (Å²) >= 11 is 21.6. The molecule has 1 amide bonds. The molecule has 0 unspecified atom stereocenters. The number of nitrogens with one attached hydrogen (secondary N) is 1. The Morgan fingerprint density at radius 2 is 1.87 bits per heavy atom. The summed E-state index contributed by atoms with van der Waals surface area (Å²) in [6.45, 7) is 0.0388.